The normalized spacial score (nSPS) is 17.2. The van der Waals surface area contributed by atoms with Crippen LogP contribution in [-0.4, -0.2) is 12.2 Å². The van der Waals surface area contributed by atoms with Crippen molar-refractivity contribution in [2.45, 2.75) is 0 Å². The summed E-state index contributed by atoms with van der Waals surface area (Å²) in [6.45, 7) is 0. The third kappa shape index (κ3) is 1.93. The van der Waals surface area contributed by atoms with Gasteiger partial charge in [-0.3, -0.25) is 0 Å². The second-order valence-corrected chi connectivity index (χ2v) is 3.01. The van der Waals surface area contributed by atoms with E-state index in [0.29, 0.717) is 11.3 Å². The molecule has 2 rings (SSSR count). The monoisotopic (exact) mass is 224 g/mol. The van der Waals surface area contributed by atoms with E-state index in [0.717, 1.165) is 0 Å². The van der Waals surface area contributed by atoms with Crippen LogP contribution in [0.3, 0.4) is 0 Å². The van der Waals surface area contributed by atoms with Gasteiger partial charge in [0, 0.05) is 5.56 Å². The van der Waals surface area contributed by atoms with Crippen LogP contribution in [0, 0.1) is 5.82 Å². The number of aliphatic hydroxyl groups excluding tert-OH is 1. The van der Waals surface area contributed by atoms with Gasteiger partial charge in [-0.1, -0.05) is 0 Å². The summed E-state index contributed by atoms with van der Waals surface area (Å²) in [5, 5.41) is 9.18. The third-order valence-electron chi connectivity index (χ3n) is 1.97. The highest BCUT2D eigenvalue weighted by Crippen LogP contribution is 2.27. The van der Waals surface area contributed by atoms with Crippen LogP contribution >= 0.6 is 0 Å². The lowest BCUT2D eigenvalue weighted by Gasteiger charge is -2.03. The van der Waals surface area contributed by atoms with Crippen molar-refractivity contribution < 1.29 is 23.7 Å². The van der Waals surface area contributed by atoms with Crippen LogP contribution < -0.4 is 0 Å². The van der Waals surface area contributed by atoms with Gasteiger partial charge in [-0.05, 0) is 24.3 Å². The lowest BCUT2D eigenvalue weighted by molar-refractivity contribution is 0.0708. The molecular weight excluding hydrogens is 215 g/mol. The van der Waals surface area contributed by atoms with Gasteiger partial charge >= 0.3 is 11.9 Å². The molecule has 1 aliphatic rings. The zero-order valence-corrected chi connectivity index (χ0v) is 8.44. The Labute approximate surface area is 91.2 Å². The first kappa shape index (κ1) is 10.4. The van der Waals surface area contributed by atoms with Crippen LogP contribution in [0.1, 0.15) is 5.56 Å². The first-order chi connectivity index (χ1) is 7.70. The van der Waals surface area contributed by atoms with Gasteiger partial charge in [0.25, 0.3) is 0 Å². The van der Waals surface area contributed by atoms with Gasteiger partial charge in [0.1, 0.15) is 12.1 Å². The van der Waals surface area contributed by atoms with E-state index in [9.17, 15) is 9.50 Å². The van der Waals surface area contributed by atoms with Crippen molar-refractivity contribution >= 4 is 5.76 Å². The smallest absolute Gasteiger partial charge is 0.374 e. The molecule has 0 bridgehead atoms. The molecule has 4 nitrogen and oxygen atoms in total. The SMILES string of the molecule is COC(O)=C1OC=C(c2ccc(F)cc2)O1. The van der Waals surface area contributed by atoms with Gasteiger partial charge < -0.3 is 19.3 Å². The molecule has 0 saturated heterocycles. The van der Waals surface area contributed by atoms with Gasteiger partial charge in [0.2, 0.25) is 0 Å². The number of halogens is 1. The van der Waals surface area contributed by atoms with Crippen molar-refractivity contribution in [1.82, 2.24) is 0 Å². The molecule has 0 radical (unpaired) electrons. The van der Waals surface area contributed by atoms with E-state index in [1.54, 1.807) is 0 Å². The summed E-state index contributed by atoms with van der Waals surface area (Å²) in [7, 11) is 1.28. The molecule has 0 fully saturated rings. The van der Waals surface area contributed by atoms with Gasteiger partial charge in [-0.15, -0.1) is 0 Å². The topological polar surface area (TPSA) is 47.9 Å². The zero-order chi connectivity index (χ0) is 11.5. The highest BCUT2D eigenvalue weighted by atomic mass is 19.1. The minimum absolute atomic E-state index is 0.137. The summed E-state index contributed by atoms with van der Waals surface area (Å²) in [5.41, 5.74) is 0.639. The fourth-order valence-corrected chi connectivity index (χ4v) is 1.17. The van der Waals surface area contributed by atoms with Crippen LogP contribution in [0.25, 0.3) is 5.76 Å². The van der Waals surface area contributed by atoms with Gasteiger partial charge in [-0.2, -0.15) is 0 Å². The van der Waals surface area contributed by atoms with Crippen molar-refractivity contribution in [3.8, 4) is 0 Å². The van der Waals surface area contributed by atoms with Crippen LogP contribution in [0.5, 0.6) is 0 Å². The Morgan fingerprint density at radius 1 is 1.31 bits per heavy atom. The number of ether oxygens (including phenoxy) is 3. The molecule has 0 atom stereocenters. The Bertz CT molecular complexity index is 448. The molecule has 1 aliphatic heterocycles. The van der Waals surface area contributed by atoms with Gasteiger partial charge in [0.05, 0.1) is 7.11 Å². The van der Waals surface area contributed by atoms with Crippen LogP contribution in [0.2, 0.25) is 0 Å². The molecule has 0 unspecified atom stereocenters. The average Bonchev–Trinajstić information content (AvgIpc) is 2.78. The summed E-state index contributed by atoms with van der Waals surface area (Å²) in [5.74, 6) is -0.549. The molecule has 0 spiro atoms. The van der Waals surface area contributed by atoms with E-state index in [2.05, 4.69) is 4.74 Å². The van der Waals surface area contributed by atoms with E-state index in [4.69, 9.17) is 9.47 Å². The molecule has 1 aromatic rings. The summed E-state index contributed by atoms with van der Waals surface area (Å²) in [6, 6.07) is 5.68. The standard InChI is InChI=1S/C11H9FO4/c1-14-10(13)11-15-6-9(16-11)7-2-4-8(12)5-3-7/h2-6,13H,1H3. The summed E-state index contributed by atoms with van der Waals surface area (Å²) < 4.78 is 27.3. The molecule has 0 saturated carbocycles. The third-order valence-corrected chi connectivity index (χ3v) is 1.97. The molecule has 1 heterocycles. The van der Waals surface area contributed by atoms with E-state index in [1.807, 2.05) is 0 Å². The lowest BCUT2D eigenvalue weighted by Crippen LogP contribution is -1.94. The predicted molar refractivity (Wildman–Crippen MR) is 53.2 cm³/mol. The Kier molecular flexibility index (Phi) is 2.68. The molecule has 1 N–H and O–H groups in total. The lowest BCUT2D eigenvalue weighted by atomic mass is 10.2. The average molecular weight is 224 g/mol. The number of aliphatic hydroxyl groups is 1. The molecular formula is C11H9FO4. The molecule has 0 amide bonds. The van der Waals surface area contributed by atoms with Gasteiger partial charge in [0.15, 0.2) is 5.76 Å². The highest BCUT2D eigenvalue weighted by molar-refractivity contribution is 5.60. The maximum absolute atomic E-state index is 12.7. The number of methoxy groups -OCH3 is 1. The highest BCUT2D eigenvalue weighted by Gasteiger charge is 2.20. The van der Waals surface area contributed by atoms with Crippen molar-refractivity contribution in [3.63, 3.8) is 0 Å². The number of benzene rings is 1. The number of hydrogen-bond donors (Lipinski definition) is 1. The first-order valence-corrected chi connectivity index (χ1v) is 4.48. The van der Waals surface area contributed by atoms with Crippen molar-refractivity contribution in [2.24, 2.45) is 0 Å². The molecule has 5 heteroatoms. The summed E-state index contributed by atoms with van der Waals surface area (Å²) in [4.78, 5) is 0. The summed E-state index contributed by atoms with van der Waals surface area (Å²) in [6.07, 6.45) is 1.30. The minimum Gasteiger partial charge on any atom is -0.476 e. The van der Waals surface area contributed by atoms with Crippen molar-refractivity contribution in [2.75, 3.05) is 7.11 Å². The zero-order valence-electron chi connectivity index (χ0n) is 8.44. The Hall–Kier alpha value is -2.17. The Morgan fingerprint density at radius 2 is 2.00 bits per heavy atom. The molecule has 84 valence electrons. The van der Waals surface area contributed by atoms with Crippen molar-refractivity contribution in [1.29, 1.82) is 0 Å². The summed E-state index contributed by atoms with van der Waals surface area (Å²) >= 11 is 0. The minimum atomic E-state index is -0.451. The van der Waals surface area contributed by atoms with Crippen LogP contribution in [0.15, 0.2) is 42.4 Å². The van der Waals surface area contributed by atoms with Gasteiger partial charge in [-0.25, -0.2) is 4.39 Å². The van der Waals surface area contributed by atoms with E-state index in [-0.39, 0.29) is 11.8 Å². The molecule has 1 aromatic carbocycles. The fourth-order valence-electron chi connectivity index (χ4n) is 1.17. The second-order valence-electron chi connectivity index (χ2n) is 3.01. The molecule has 0 aromatic heterocycles. The van der Waals surface area contributed by atoms with Crippen LogP contribution in [-0.2, 0) is 14.2 Å². The Balaban J connectivity index is 2.18. The maximum Gasteiger partial charge on any atom is 0.374 e. The van der Waals surface area contributed by atoms with Crippen LogP contribution in [0.4, 0.5) is 4.39 Å². The molecule has 16 heavy (non-hydrogen) atoms. The fraction of sp³-hybridized carbons (Fsp3) is 0.0909. The van der Waals surface area contributed by atoms with E-state index >= 15 is 0 Å². The largest absolute Gasteiger partial charge is 0.476 e. The van der Waals surface area contributed by atoms with Crippen molar-refractivity contribution in [3.05, 3.63) is 53.8 Å². The quantitative estimate of drug-likeness (QED) is 0.784. The number of hydrogen-bond acceptors (Lipinski definition) is 4. The number of rotatable bonds is 2. The second kappa shape index (κ2) is 4.14. The molecule has 0 aliphatic carbocycles. The predicted octanol–water partition coefficient (Wildman–Crippen LogP) is 2.50. The maximum atomic E-state index is 12.7. The first-order valence-electron chi connectivity index (χ1n) is 4.48. The van der Waals surface area contributed by atoms with E-state index < -0.39 is 5.95 Å². The van der Waals surface area contributed by atoms with E-state index in [1.165, 1.54) is 37.6 Å². The Morgan fingerprint density at radius 3 is 2.62 bits per heavy atom.